The van der Waals surface area contributed by atoms with Gasteiger partial charge in [-0.2, -0.15) is 4.98 Å². The Morgan fingerprint density at radius 3 is 1.42 bits per heavy atom. The standard InChI is InChI=1S/C24H33N5O20P2.2C16H36N/c1-8(30)41-5-13-17(43-9(2)31)18(44-10(3)32)19(45-11(4)33)23(47-13)48-51(39,40)49-50(37,38)42-6-12-15(34)16(35)22(46-12)29-7-26-14-20(29)27-24(25)28-21(14)36;2*1-5-9-13-17(14-10-6-2,15-11-7-3)16-12-8-4/h7,12-13,15-19,22-23,34-35H,5-6H2,1-4H3,(H,37,38)(H,39,40)(H3,25,27,28,36);2*5-16H2,1-4H3/q;2*+1/p-2/t12-,13-,15-,16-,17-,18+,19+,22-,23-;;/m1../s1. The van der Waals surface area contributed by atoms with E-state index < -0.39 is 114 Å². The Hall–Kier alpha value is -3.95. The van der Waals surface area contributed by atoms with Gasteiger partial charge in [0.15, 0.2) is 35.7 Å². The molecule has 2 aliphatic rings. The van der Waals surface area contributed by atoms with Gasteiger partial charge in [0.25, 0.3) is 21.2 Å². The van der Waals surface area contributed by atoms with Crippen LogP contribution >= 0.6 is 15.6 Å². The van der Waals surface area contributed by atoms with E-state index in [2.05, 4.69) is 79.2 Å². The van der Waals surface area contributed by atoms with E-state index in [1.807, 2.05) is 0 Å². The van der Waals surface area contributed by atoms with Gasteiger partial charge in [-0.3, -0.25) is 47.2 Å². The number of nitrogens with one attached hydrogen (secondary N) is 1. The third-order valence-corrected chi connectivity index (χ3v) is 17.3. The minimum absolute atomic E-state index is 0.168. The Kier molecular flexibility index (Phi) is 35.5. The van der Waals surface area contributed by atoms with Gasteiger partial charge in [-0.1, -0.05) is 107 Å². The van der Waals surface area contributed by atoms with Gasteiger partial charge in [-0.05, 0) is 51.4 Å². The molecule has 5 N–H and O–H groups in total. The molecule has 0 aliphatic carbocycles. The zero-order chi connectivity index (χ0) is 64.0. The van der Waals surface area contributed by atoms with Crippen molar-refractivity contribution < 1.29 is 99.1 Å². The lowest BCUT2D eigenvalue weighted by atomic mass is 9.98. The molecule has 0 spiro atoms. The maximum Gasteiger partial charge on any atom is 0.303 e. The summed E-state index contributed by atoms with van der Waals surface area (Å²) in [7, 11) is -12.1. The molecule has 0 saturated carbocycles. The summed E-state index contributed by atoms with van der Waals surface area (Å²) < 4.78 is 73.8. The van der Waals surface area contributed by atoms with Crippen LogP contribution in [0.2, 0.25) is 0 Å². The number of hydrogen-bond acceptors (Lipinski definition) is 23. The molecule has 2 fully saturated rings. The molecule has 0 bridgehead atoms. The summed E-state index contributed by atoms with van der Waals surface area (Å²) in [6.07, 6.45) is 6.63. The van der Waals surface area contributed by atoms with Crippen molar-refractivity contribution in [3.8, 4) is 0 Å². The predicted octanol–water partition coefficient (Wildman–Crippen LogP) is 6.40. The van der Waals surface area contributed by atoms with Gasteiger partial charge in [0.2, 0.25) is 12.2 Å². The second-order valence-corrected chi connectivity index (χ2v) is 25.0. The SMILES string of the molecule is CC(=O)OC[C@H]1O[C@H](OP(=O)([O-])OP(=O)([O-])OC[C@H]2O[C@@H](n3cnc4c(=O)[nH]c(N)nc43)[C@H](O)[C@@H]2O)[C@@H](OC(C)=O)[C@@H](OC(C)=O)[C@@H]1OC(C)=O.CCCC[N+](CCCC)(CCCC)CCCC.CCCC[N+](CCCC)(CCCC)CCCC. The third-order valence-electron chi connectivity index (χ3n) is 14.7. The van der Waals surface area contributed by atoms with Crippen LogP contribution in [0.4, 0.5) is 5.95 Å². The van der Waals surface area contributed by atoms with Gasteiger partial charge < -0.3 is 67.6 Å². The molecule has 2 saturated heterocycles. The van der Waals surface area contributed by atoms with Crippen molar-refractivity contribution in [3.63, 3.8) is 0 Å². The van der Waals surface area contributed by atoms with Gasteiger partial charge in [0.05, 0.1) is 65.3 Å². The van der Waals surface area contributed by atoms with Crippen LogP contribution in [-0.2, 0) is 70.1 Å². The molecule has 2 aliphatic heterocycles. The van der Waals surface area contributed by atoms with Crippen LogP contribution in [0, 0.1) is 0 Å². The molecule has 4 heterocycles. The number of fused-ring (bicyclic) bond motifs is 1. The zero-order valence-corrected chi connectivity index (χ0v) is 54.4. The van der Waals surface area contributed by atoms with Gasteiger partial charge in [0, 0.05) is 27.7 Å². The average molecular weight is 1260 g/mol. The molecule has 0 amide bonds. The number of phosphoric ester groups is 2. The van der Waals surface area contributed by atoms with Crippen LogP contribution in [0.3, 0.4) is 0 Å². The number of aliphatic hydroxyl groups is 2. The number of esters is 4. The smallest absolute Gasteiger partial charge is 0.303 e. The highest BCUT2D eigenvalue weighted by Gasteiger charge is 2.54. The second kappa shape index (κ2) is 39.1. The largest absolute Gasteiger partial charge is 0.756 e. The Morgan fingerprint density at radius 2 is 1.02 bits per heavy atom. The highest BCUT2D eigenvalue weighted by atomic mass is 31.3. The van der Waals surface area contributed by atoms with Crippen LogP contribution in [0.5, 0.6) is 0 Å². The first-order valence-corrected chi connectivity index (χ1v) is 33.5. The summed E-state index contributed by atoms with van der Waals surface area (Å²) >= 11 is 0. The molecule has 0 radical (unpaired) electrons. The van der Waals surface area contributed by atoms with Crippen molar-refractivity contribution in [3.05, 3.63) is 16.7 Å². The summed E-state index contributed by atoms with van der Waals surface area (Å²) in [5.41, 5.74) is 4.43. The van der Waals surface area contributed by atoms with E-state index in [0.29, 0.717) is 0 Å². The number of aliphatic hydroxyl groups excluding tert-OH is 2. The molecule has 11 atom stereocenters. The van der Waals surface area contributed by atoms with Gasteiger partial charge in [0.1, 0.15) is 31.0 Å². The summed E-state index contributed by atoms with van der Waals surface area (Å²) in [4.78, 5) is 94.7. The van der Waals surface area contributed by atoms with E-state index in [4.69, 9.17) is 38.7 Å². The van der Waals surface area contributed by atoms with Crippen molar-refractivity contribution in [2.75, 3.05) is 71.3 Å². The second-order valence-electron chi connectivity index (χ2n) is 22.1. The number of unbranched alkanes of at least 4 members (excludes halogenated alkanes) is 8. The minimum Gasteiger partial charge on any atom is -0.756 e. The van der Waals surface area contributed by atoms with E-state index >= 15 is 0 Å². The number of H-pyrrole nitrogens is 1. The lowest BCUT2D eigenvalue weighted by Gasteiger charge is -2.45. The molecule has 4 rings (SSSR count). The number of carbonyl (C=O) groups excluding carboxylic acids is 4. The maximum atomic E-state index is 12.9. The predicted molar refractivity (Wildman–Crippen MR) is 312 cm³/mol. The molecular weight excluding hydrogens is 1150 g/mol. The van der Waals surface area contributed by atoms with Gasteiger partial charge in [-0.15, -0.1) is 0 Å². The molecule has 29 heteroatoms. The first kappa shape index (κ1) is 77.1. The molecule has 0 aromatic carbocycles. The fourth-order valence-corrected chi connectivity index (χ4v) is 12.3. The van der Waals surface area contributed by atoms with Gasteiger partial charge >= 0.3 is 23.9 Å². The van der Waals surface area contributed by atoms with Crippen LogP contribution in [-0.4, -0.2) is 177 Å². The highest BCUT2D eigenvalue weighted by molar-refractivity contribution is 7.59. The quantitative estimate of drug-likeness (QED) is 0.0246. The molecule has 85 heavy (non-hydrogen) atoms. The number of ether oxygens (including phenoxy) is 6. The number of phosphoric acid groups is 2. The van der Waals surface area contributed by atoms with Gasteiger partial charge in [-0.25, -0.2) is 9.29 Å². The fraction of sp³-hybridized carbons (Fsp3) is 0.839. The number of carbonyl (C=O) groups is 4. The Morgan fingerprint density at radius 1 is 0.612 bits per heavy atom. The van der Waals surface area contributed by atoms with Crippen LogP contribution in [0.15, 0.2) is 11.1 Å². The number of quaternary nitrogens is 2. The minimum atomic E-state index is -6.15. The number of anilines is 1. The summed E-state index contributed by atoms with van der Waals surface area (Å²) in [6.45, 7) is 31.8. The number of nitrogens with two attached hydrogens (primary N) is 1. The average Bonchev–Trinajstić information content (AvgIpc) is 4.19. The topological polar surface area (TPSA) is 362 Å². The number of nitrogens with zero attached hydrogens (tertiary/aromatic N) is 5. The molecule has 2 aromatic rings. The Balaban J connectivity index is 0.000000590. The molecular formula is C56H103N7O20P2. The summed E-state index contributed by atoms with van der Waals surface area (Å²) in [5.74, 6) is -4.36. The maximum absolute atomic E-state index is 12.9. The zero-order valence-electron chi connectivity index (χ0n) is 52.6. The lowest BCUT2D eigenvalue weighted by Crippen LogP contribution is -2.62. The molecule has 2 aromatic heterocycles. The monoisotopic (exact) mass is 1260 g/mol. The first-order chi connectivity index (χ1) is 40.2. The number of aromatic amines is 1. The first-order valence-electron chi connectivity index (χ1n) is 30.6. The van der Waals surface area contributed by atoms with E-state index in [9.17, 15) is 53.1 Å². The third kappa shape index (κ3) is 26.7. The van der Waals surface area contributed by atoms with Crippen LogP contribution in [0.25, 0.3) is 11.2 Å². The van der Waals surface area contributed by atoms with Crippen molar-refractivity contribution in [2.45, 2.75) is 241 Å². The van der Waals surface area contributed by atoms with E-state index in [1.54, 1.807) is 0 Å². The van der Waals surface area contributed by atoms with E-state index in [-0.39, 0.29) is 17.1 Å². The van der Waals surface area contributed by atoms with Crippen LogP contribution in [0.1, 0.15) is 192 Å². The Labute approximate surface area is 502 Å². The Bertz CT molecular complexity index is 2340. The number of nitrogen functional groups attached to an aromatic ring is 1. The normalized spacial score (nSPS) is 22.9. The number of aromatic nitrogens is 4. The summed E-state index contributed by atoms with van der Waals surface area (Å²) in [6, 6.07) is 0. The van der Waals surface area contributed by atoms with Crippen molar-refractivity contribution >= 4 is 56.6 Å². The lowest BCUT2D eigenvalue weighted by molar-refractivity contribution is -0.929. The van der Waals surface area contributed by atoms with E-state index in [0.717, 1.165) is 38.6 Å². The van der Waals surface area contributed by atoms with Crippen molar-refractivity contribution in [1.82, 2.24) is 19.5 Å². The molecule has 492 valence electrons. The van der Waals surface area contributed by atoms with Crippen molar-refractivity contribution in [1.29, 1.82) is 0 Å². The van der Waals surface area contributed by atoms with Crippen LogP contribution < -0.4 is 21.1 Å². The number of imidazole rings is 1. The fourth-order valence-electron chi connectivity index (χ4n) is 10.2. The highest BCUT2D eigenvalue weighted by Crippen LogP contribution is 2.57. The number of rotatable bonds is 37. The van der Waals surface area contributed by atoms with E-state index in [1.165, 1.54) is 164 Å². The molecule has 2 unspecified atom stereocenters. The number of hydrogen-bond donors (Lipinski definition) is 4. The summed E-state index contributed by atoms with van der Waals surface area (Å²) in [5, 5.41) is 21.1. The molecule has 27 nitrogen and oxygen atoms in total. The van der Waals surface area contributed by atoms with Crippen molar-refractivity contribution in [2.24, 2.45) is 0 Å².